The summed E-state index contributed by atoms with van der Waals surface area (Å²) < 4.78 is 81.9. The monoisotopic (exact) mass is 366 g/mol. The maximum Gasteiger partial charge on any atom is 1.00 e. The molecular formula is C7H12Na2O10S2. The van der Waals surface area contributed by atoms with E-state index in [1.165, 1.54) is 14.0 Å². The van der Waals surface area contributed by atoms with Crippen molar-refractivity contribution < 1.29 is 103 Å². The molecule has 10 nitrogen and oxygen atoms in total. The fourth-order valence-electron chi connectivity index (χ4n) is 1.64. The van der Waals surface area contributed by atoms with Crippen LogP contribution in [-0.2, 0) is 38.6 Å². The summed E-state index contributed by atoms with van der Waals surface area (Å²) in [6.07, 6.45) is -5.27. The summed E-state index contributed by atoms with van der Waals surface area (Å²) in [5.41, 5.74) is 0. The summed E-state index contributed by atoms with van der Waals surface area (Å²) in [6.45, 7) is 1.17. The molecule has 1 fully saturated rings. The van der Waals surface area contributed by atoms with Gasteiger partial charge >= 0.3 is 59.1 Å². The second-order valence-electron chi connectivity index (χ2n) is 3.75. The Balaban J connectivity index is 0. The molecule has 1 saturated heterocycles. The number of rotatable bonds is 5. The minimum absolute atomic E-state index is 0. The van der Waals surface area contributed by atoms with Crippen LogP contribution in [0.15, 0.2) is 0 Å². The van der Waals surface area contributed by atoms with Crippen molar-refractivity contribution in [2.24, 2.45) is 0 Å². The molecule has 14 heteroatoms. The molecule has 1 unspecified atom stereocenters. The van der Waals surface area contributed by atoms with Gasteiger partial charge in [0.15, 0.2) is 0 Å². The van der Waals surface area contributed by atoms with Crippen LogP contribution in [-0.4, -0.2) is 64.1 Å². The van der Waals surface area contributed by atoms with Crippen LogP contribution < -0.4 is 59.1 Å². The molecule has 0 N–H and O–H groups in total. The summed E-state index contributed by atoms with van der Waals surface area (Å²) in [5, 5.41) is 0. The maximum absolute atomic E-state index is 10.6. The van der Waals surface area contributed by atoms with Gasteiger partial charge in [-0.2, -0.15) is 0 Å². The Morgan fingerprint density at radius 1 is 1.00 bits per heavy atom. The van der Waals surface area contributed by atoms with Gasteiger partial charge in [0.2, 0.25) is 20.8 Å². The van der Waals surface area contributed by atoms with Gasteiger partial charge in [-0.15, -0.1) is 0 Å². The Hall–Kier alpha value is 1.66. The molecule has 0 aliphatic carbocycles. The van der Waals surface area contributed by atoms with Crippen LogP contribution >= 0.6 is 0 Å². The molecule has 0 bridgehead atoms. The topological polar surface area (TPSA) is 151 Å². The Morgan fingerprint density at radius 2 is 1.43 bits per heavy atom. The third kappa shape index (κ3) is 8.91. The van der Waals surface area contributed by atoms with Crippen LogP contribution in [0.25, 0.3) is 0 Å². The second-order valence-corrected chi connectivity index (χ2v) is 5.77. The van der Waals surface area contributed by atoms with Crippen LogP contribution in [0.4, 0.5) is 0 Å². The van der Waals surface area contributed by atoms with Crippen LogP contribution in [0, 0.1) is 0 Å². The van der Waals surface area contributed by atoms with Gasteiger partial charge in [0.1, 0.15) is 18.3 Å². The van der Waals surface area contributed by atoms with Gasteiger partial charge in [0.05, 0.1) is 12.7 Å². The molecule has 21 heavy (non-hydrogen) atoms. The zero-order chi connectivity index (χ0) is 14.8. The van der Waals surface area contributed by atoms with E-state index < -0.39 is 45.2 Å². The van der Waals surface area contributed by atoms with E-state index in [1.54, 1.807) is 0 Å². The van der Waals surface area contributed by atoms with Crippen LogP contribution in [0.5, 0.6) is 0 Å². The van der Waals surface area contributed by atoms with E-state index in [9.17, 15) is 25.9 Å². The molecule has 4 atom stereocenters. The van der Waals surface area contributed by atoms with Crippen molar-refractivity contribution in [2.45, 2.75) is 31.3 Å². The van der Waals surface area contributed by atoms with E-state index in [1.807, 2.05) is 0 Å². The second kappa shape index (κ2) is 9.84. The molecule has 1 rings (SSSR count). The van der Waals surface area contributed by atoms with Gasteiger partial charge in [-0.3, -0.25) is 8.37 Å². The van der Waals surface area contributed by atoms with Gasteiger partial charge < -0.3 is 18.6 Å². The number of hydrogen-bond donors (Lipinski definition) is 0. The molecule has 0 amide bonds. The molecule has 0 spiro atoms. The molecule has 1 heterocycles. The first kappa shape index (κ1) is 24.9. The number of ether oxygens (including phenoxy) is 2. The van der Waals surface area contributed by atoms with Gasteiger partial charge in [0, 0.05) is 7.11 Å². The fraction of sp³-hybridized carbons (Fsp3) is 1.00. The summed E-state index contributed by atoms with van der Waals surface area (Å²) in [7, 11) is -9.11. The quantitative estimate of drug-likeness (QED) is 0.260. The molecule has 0 saturated carbocycles. The van der Waals surface area contributed by atoms with Crippen LogP contribution in [0.1, 0.15) is 6.92 Å². The Labute approximate surface area is 167 Å². The van der Waals surface area contributed by atoms with Crippen molar-refractivity contribution >= 4 is 20.8 Å². The summed E-state index contributed by atoms with van der Waals surface area (Å²) >= 11 is 0. The largest absolute Gasteiger partial charge is 1.00 e. The van der Waals surface area contributed by atoms with E-state index in [-0.39, 0.29) is 65.7 Å². The first-order valence-electron chi connectivity index (χ1n) is 4.96. The zero-order valence-corrected chi connectivity index (χ0v) is 17.5. The van der Waals surface area contributed by atoms with E-state index in [4.69, 9.17) is 9.47 Å². The SMILES string of the molecule is CO[C@@H]1CO[C@@H](C)C(OS(=O)(=O)[O-])[C@@H]1OS(=O)(=O)[O-].[Na+].[Na+]. The molecular weight excluding hydrogens is 354 g/mol. The standard InChI is InChI=1S/C7H14O10S2.2Na/c1-4-6(16-18(8,9)10)7(17-19(11,12)13)5(14-2)3-15-4;;/h4-7H,3H2,1-2H3,(H,8,9,10)(H,11,12,13);;/q;2*+1/p-2/t4-,5+,6?,7+;;/m0../s1. The molecule has 0 radical (unpaired) electrons. The fourth-order valence-corrected chi connectivity index (χ4v) is 2.68. The predicted octanol–water partition coefficient (Wildman–Crippen LogP) is -7.88. The summed E-state index contributed by atoms with van der Waals surface area (Å²) in [4.78, 5) is 0. The number of methoxy groups -OCH3 is 1. The van der Waals surface area contributed by atoms with Crippen molar-refractivity contribution in [3.05, 3.63) is 0 Å². The third-order valence-corrected chi connectivity index (χ3v) is 3.35. The Kier molecular flexibility index (Phi) is 11.7. The minimum Gasteiger partial charge on any atom is -0.726 e. The molecule has 0 aromatic rings. The maximum atomic E-state index is 10.6. The average molecular weight is 366 g/mol. The Morgan fingerprint density at radius 3 is 1.81 bits per heavy atom. The van der Waals surface area contributed by atoms with E-state index >= 15 is 0 Å². The predicted molar refractivity (Wildman–Crippen MR) is 55.4 cm³/mol. The van der Waals surface area contributed by atoms with Crippen LogP contribution in [0.3, 0.4) is 0 Å². The summed E-state index contributed by atoms with van der Waals surface area (Å²) in [6, 6.07) is 0. The smallest absolute Gasteiger partial charge is 0.726 e. The van der Waals surface area contributed by atoms with Crippen molar-refractivity contribution in [1.82, 2.24) is 0 Å². The van der Waals surface area contributed by atoms with Crippen molar-refractivity contribution in [1.29, 1.82) is 0 Å². The van der Waals surface area contributed by atoms with Crippen molar-refractivity contribution in [2.75, 3.05) is 13.7 Å². The Bertz CT molecular complexity index is 505. The van der Waals surface area contributed by atoms with Gasteiger partial charge in [0.25, 0.3) is 0 Å². The van der Waals surface area contributed by atoms with Gasteiger partial charge in [-0.25, -0.2) is 16.8 Å². The molecule has 114 valence electrons. The van der Waals surface area contributed by atoms with Crippen molar-refractivity contribution in [3.8, 4) is 0 Å². The average Bonchev–Trinajstić information content (AvgIpc) is 2.20. The van der Waals surface area contributed by atoms with Gasteiger partial charge in [-0.05, 0) is 6.92 Å². The molecule has 1 aliphatic rings. The normalized spacial score (nSPS) is 30.1. The molecule has 1 aliphatic heterocycles. The molecule has 0 aromatic carbocycles. The summed E-state index contributed by atoms with van der Waals surface area (Å²) in [5.74, 6) is 0. The van der Waals surface area contributed by atoms with Gasteiger partial charge in [-0.1, -0.05) is 0 Å². The van der Waals surface area contributed by atoms with E-state index in [0.717, 1.165) is 0 Å². The number of hydrogen-bond acceptors (Lipinski definition) is 10. The van der Waals surface area contributed by atoms with E-state index in [2.05, 4.69) is 8.37 Å². The first-order valence-corrected chi connectivity index (χ1v) is 7.63. The van der Waals surface area contributed by atoms with Crippen molar-refractivity contribution in [3.63, 3.8) is 0 Å². The van der Waals surface area contributed by atoms with E-state index in [0.29, 0.717) is 0 Å². The molecule has 0 aromatic heterocycles. The minimum atomic E-state index is -5.14. The first-order chi connectivity index (χ1) is 8.53. The van der Waals surface area contributed by atoms with Crippen LogP contribution in [0.2, 0.25) is 0 Å². The third-order valence-electron chi connectivity index (χ3n) is 2.44. The zero-order valence-electron chi connectivity index (χ0n) is 11.9.